The molecular formula is C54H34N2O. The van der Waals surface area contributed by atoms with Crippen LogP contribution in [0.2, 0.25) is 0 Å². The molecule has 0 aliphatic rings. The van der Waals surface area contributed by atoms with Crippen molar-refractivity contribution in [3.8, 4) is 44.8 Å². The molecule has 266 valence electrons. The van der Waals surface area contributed by atoms with Crippen molar-refractivity contribution in [2.75, 3.05) is 0 Å². The van der Waals surface area contributed by atoms with Gasteiger partial charge in [0.25, 0.3) is 0 Å². The van der Waals surface area contributed by atoms with Crippen molar-refractivity contribution < 1.29 is 14.0 Å². The van der Waals surface area contributed by atoms with Gasteiger partial charge in [0.1, 0.15) is 11.2 Å². The third-order valence-corrected chi connectivity index (χ3v) is 11.2. The average Bonchev–Trinajstić information content (AvgIpc) is 4.01. The Bertz CT molecular complexity index is 3910. The van der Waals surface area contributed by atoms with Gasteiger partial charge in [-0.15, -0.1) is 0 Å². The molecule has 0 aliphatic carbocycles. The molecule has 57 heavy (non-hydrogen) atoms. The van der Waals surface area contributed by atoms with E-state index in [2.05, 4.69) is 53.1 Å². The van der Waals surface area contributed by atoms with Crippen LogP contribution in [0.4, 0.5) is 0 Å². The summed E-state index contributed by atoms with van der Waals surface area (Å²) in [5, 5.41) is 4.22. The van der Waals surface area contributed by atoms with Crippen molar-refractivity contribution in [3.63, 3.8) is 0 Å². The summed E-state index contributed by atoms with van der Waals surface area (Å²) in [6.45, 7) is 0. The number of fused-ring (bicyclic) bond motifs is 9. The standard InChI is InChI=1S/C54H34N2O/c1-3-12-35(13-4-1)36-22-26-40(27-23-36)55-48-19-9-7-16-43(48)45-32-38(24-29-49(45)55)39-25-30-50-47(33-39)54-42(37-14-5-2-6-15-37)18-11-20-51(54)56(50)41-28-31-53-46(34-41)44-17-8-10-21-52(44)57-53/h1-34H/i7D,9D,16D,19D,24D,29D,32D. The molecule has 0 bridgehead atoms. The van der Waals surface area contributed by atoms with E-state index in [4.69, 9.17) is 8.53 Å². The average molecular weight is 734 g/mol. The molecule has 0 radical (unpaired) electrons. The summed E-state index contributed by atoms with van der Waals surface area (Å²) < 4.78 is 75.1. The zero-order valence-corrected chi connectivity index (χ0v) is 30.4. The van der Waals surface area contributed by atoms with Crippen LogP contribution in [0.1, 0.15) is 9.60 Å². The molecule has 0 unspecified atom stereocenters. The Morgan fingerprint density at radius 1 is 0.368 bits per heavy atom. The normalized spacial score (nSPS) is 13.6. The lowest BCUT2D eigenvalue weighted by Crippen LogP contribution is -1.94. The molecule has 12 aromatic rings. The number of nitrogens with zero attached hydrogens (tertiary/aromatic N) is 2. The third-order valence-electron chi connectivity index (χ3n) is 11.2. The van der Waals surface area contributed by atoms with Gasteiger partial charge < -0.3 is 13.6 Å². The van der Waals surface area contributed by atoms with Crippen LogP contribution in [0.3, 0.4) is 0 Å². The second-order valence-corrected chi connectivity index (χ2v) is 14.4. The van der Waals surface area contributed by atoms with Crippen LogP contribution in [0, 0.1) is 0 Å². The molecule has 12 rings (SSSR count). The fourth-order valence-electron chi connectivity index (χ4n) is 8.57. The van der Waals surface area contributed by atoms with E-state index in [9.17, 15) is 5.48 Å². The van der Waals surface area contributed by atoms with Crippen LogP contribution >= 0.6 is 0 Å². The van der Waals surface area contributed by atoms with Crippen LogP contribution in [0.15, 0.2) is 211 Å². The van der Waals surface area contributed by atoms with Crippen molar-refractivity contribution in [1.29, 1.82) is 0 Å². The van der Waals surface area contributed by atoms with Crippen LogP contribution in [0.25, 0.3) is 110 Å². The molecule has 3 nitrogen and oxygen atoms in total. The molecule has 3 aromatic heterocycles. The molecule has 9 aromatic carbocycles. The summed E-state index contributed by atoms with van der Waals surface area (Å²) in [4.78, 5) is 0. The summed E-state index contributed by atoms with van der Waals surface area (Å²) in [5.74, 6) is 0. The van der Waals surface area contributed by atoms with Crippen LogP contribution in [0.5, 0.6) is 0 Å². The minimum atomic E-state index is -0.428. The van der Waals surface area contributed by atoms with E-state index in [1.807, 2.05) is 115 Å². The highest BCUT2D eigenvalue weighted by molar-refractivity contribution is 6.17. The number of furan rings is 1. The van der Waals surface area contributed by atoms with Crippen molar-refractivity contribution in [3.05, 3.63) is 206 Å². The van der Waals surface area contributed by atoms with E-state index in [1.54, 1.807) is 4.57 Å². The maximum Gasteiger partial charge on any atom is 0.135 e. The van der Waals surface area contributed by atoms with Gasteiger partial charge in [-0.1, -0.05) is 133 Å². The Morgan fingerprint density at radius 2 is 1.05 bits per heavy atom. The van der Waals surface area contributed by atoms with Gasteiger partial charge in [-0.25, -0.2) is 0 Å². The fraction of sp³-hybridized carbons (Fsp3) is 0. The number of hydrogen-bond donors (Lipinski definition) is 0. The molecule has 3 heterocycles. The lowest BCUT2D eigenvalue weighted by atomic mass is 9.97. The highest BCUT2D eigenvalue weighted by Crippen LogP contribution is 2.42. The Labute approximate surface area is 338 Å². The predicted octanol–water partition coefficient (Wildman–Crippen LogP) is 14.8. The lowest BCUT2D eigenvalue weighted by Gasteiger charge is -2.10. The summed E-state index contributed by atoms with van der Waals surface area (Å²) in [6.07, 6.45) is 0. The Morgan fingerprint density at radius 3 is 1.91 bits per heavy atom. The predicted molar refractivity (Wildman–Crippen MR) is 239 cm³/mol. The number of hydrogen-bond acceptors (Lipinski definition) is 1. The summed E-state index contributed by atoms with van der Waals surface area (Å²) in [7, 11) is 0. The van der Waals surface area contributed by atoms with Gasteiger partial charge in [0.15, 0.2) is 0 Å². The topological polar surface area (TPSA) is 23.0 Å². The number of benzene rings is 9. The molecule has 0 fully saturated rings. The molecule has 0 saturated carbocycles. The van der Waals surface area contributed by atoms with Gasteiger partial charge in [0.05, 0.1) is 31.7 Å². The molecule has 0 aliphatic heterocycles. The molecule has 0 spiro atoms. The van der Waals surface area contributed by atoms with E-state index in [0.717, 1.165) is 71.7 Å². The molecule has 0 amide bonds. The van der Waals surface area contributed by atoms with Gasteiger partial charge in [-0.2, -0.15) is 0 Å². The smallest absolute Gasteiger partial charge is 0.135 e. The van der Waals surface area contributed by atoms with E-state index < -0.39 is 12.1 Å². The van der Waals surface area contributed by atoms with E-state index in [-0.39, 0.29) is 57.6 Å². The Kier molecular flexibility index (Phi) is 5.56. The van der Waals surface area contributed by atoms with Crippen molar-refractivity contribution >= 4 is 65.6 Å². The van der Waals surface area contributed by atoms with Gasteiger partial charge in [0.2, 0.25) is 0 Å². The minimum Gasteiger partial charge on any atom is -0.456 e. The van der Waals surface area contributed by atoms with Crippen molar-refractivity contribution in [1.82, 2.24) is 9.13 Å². The maximum absolute atomic E-state index is 9.94. The van der Waals surface area contributed by atoms with E-state index >= 15 is 0 Å². The van der Waals surface area contributed by atoms with E-state index in [0.29, 0.717) is 11.3 Å². The van der Waals surface area contributed by atoms with Crippen LogP contribution < -0.4 is 0 Å². The molecule has 0 N–H and O–H groups in total. The highest BCUT2D eigenvalue weighted by atomic mass is 16.3. The number of aromatic nitrogens is 2. The van der Waals surface area contributed by atoms with Gasteiger partial charge >= 0.3 is 0 Å². The first-order valence-corrected chi connectivity index (χ1v) is 18.9. The van der Waals surface area contributed by atoms with Crippen LogP contribution in [-0.2, 0) is 0 Å². The monoisotopic (exact) mass is 733 g/mol. The summed E-state index contributed by atoms with van der Waals surface area (Å²) >= 11 is 0. The molecule has 0 saturated heterocycles. The van der Waals surface area contributed by atoms with Crippen molar-refractivity contribution in [2.45, 2.75) is 0 Å². The first-order valence-electron chi connectivity index (χ1n) is 22.4. The molecule has 3 heteroatoms. The zero-order valence-electron chi connectivity index (χ0n) is 37.4. The van der Waals surface area contributed by atoms with Gasteiger partial charge in [0, 0.05) is 43.7 Å². The Hall–Kier alpha value is -7.62. The summed E-state index contributed by atoms with van der Waals surface area (Å²) in [5.41, 5.74) is 10.1. The second-order valence-electron chi connectivity index (χ2n) is 14.4. The van der Waals surface area contributed by atoms with Crippen LogP contribution in [-0.4, -0.2) is 9.13 Å². The van der Waals surface area contributed by atoms with Crippen molar-refractivity contribution in [2.24, 2.45) is 0 Å². The van der Waals surface area contributed by atoms with Gasteiger partial charge in [-0.3, -0.25) is 0 Å². The first-order chi connectivity index (χ1) is 31.2. The highest BCUT2D eigenvalue weighted by Gasteiger charge is 2.19. The fourth-order valence-corrected chi connectivity index (χ4v) is 8.57. The second kappa shape index (κ2) is 12.5. The van der Waals surface area contributed by atoms with Gasteiger partial charge in [-0.05, 0) is 106 Å². The minimum absolute atomic E-state index is 0.0886. The SMILES string of the molecule is [2H]c1c([2H])c([2H])c2c(c1[2H])c1c([2H])c(-c3ccc4c(c3)c3c(-c5ccccc5)cccc3n4-c3ccc4oc5ccccc5c4c3)c([2H])c([2H])c1n2-c1ccc(-c2ccccc2)cc1. The maximum atomic E-state index is 9.94. The lowest BCUT2D eigenvalue weighted by molar-refractivity contribution is 0.669. The quantitative estimate of drug-likeness (QED) is 0.173. The molecular weight excluding hydrogens is 693 g/mol. The number of para-hydroxylation sites is 2. The van der Waals surface area contributed by atoms with E-state index in [1.165, 1.54) is 0 Å². The molecule has 0 atom stereocenters. The first kappa shape index (κ1) is 25.5. The zero-order chi connectivity index (χ0) is 43.5. The largest absolute Gasteiger partial charge is 0.456 e. The third kappa shape index (κ3) is 4.92. The Balaban J connectivity index is 1.14. The number of rotatable bonds is 5. The summed E-state index contributed by atoms with van der Waals surface area (Å²) in [6, 6.07) is 52.2.